The Morgan fingerprint density at radius 3 is 2.15 bits per heavy atom. The molecule has 0 aromatic heterocycles. The summed E-state index contributed by atoms with van der Waals surface area (Å²) < 4.78 is 22.4. The van der Waals surface area contributed by atoms with Gasteiger partial charge in [-0.2, -0.15) is 0 Å². The fraction of sp³-hybridized carbons (Fsp3) is 0.517. The summed E-state index contributed by atoms with van der Waals surface area (Å²) in [7, 11) is 0. The third-order valence-corrected chi connectivity index (χ3v) is 5.87. The fourth-order valence-corrected chi connectivity index (χ4v) is 4.00. The molecule has 0 bridgehead atoms. The minimum Gasteiger partial charge on any atom is -0.493 e. The van der Waals surface area contributed by atoms with Gasteiger partial charge in [0, 0.05) is 29.6 Å². The molecule has 0 aliphatic heterocycles. The van der Waals surface area contributed by atoms with Gasteiger partial charge in [0.15, 0.2) is 6.10 Å². The number of amides is 1. The number of ether oxygens (including phenoxy) is 4. The number of halogens is 2. The Morgan fingerprint density at radius 1 is 0.923 bits per heavy atom. The lowest BCUT2D eigenvalue weighted by molar-refractivity contribution is -0.149. The summed E-state index contributed by atoms with van der Waals surface area (Å²) >= 11 is 12.0. The first-order chi connectivity index (χ1) is 18.5. The molecule has 2 aromatic rings. The quantitative estimate of drug-likeness (QED) is 0.218. The predicted molar refractivity (Wildman–Crippen MR) is 152 cm³/mol. The normalized spacial score (nSPS) is 12.1. The van der Waals surface area contributed by atoms with Crippen molar-refractivity contribution in [2.75, 3.05) is 39.5 Å². The highest BCUT2D eigenvalue weighted by Crippen LogP contribution is 2.24. The summed E-state index contributed by atoms with van der Waals surface area (Å²) in [5.41, 5.74) is 0.686. The number of hydrogen-bond acceptors (Lipinski definition) is 6. The van der Waals surface area contributed by atoms with Crippen molar-refractivity contribution in [3.63, 3.8) is 0 Å². The van der Waals surface area contributed by atoms with Gasteiger partial charge in [0.05, 0.1) is 19.8 Å². The molecule has 2 aromatic carbocycles. The van der Waals surface area contributed by atoms with E-state index in [1.807, 2.05) is 32.9 Å². The van der Waals surface area contributed by atoms with E-state index in [2.05, 4.69) is 0 Å². The van der Waals surface area contributed by atoms with E-state index in [-0.39, 0.29) is 24.5 Å². The Balaban J connectivity index is 1.85. The lowest BCUT2D eigenvalue weighted by Gasteiger charge is -2.25. The summed E-state index contributed by atoms with van der Waals surface area (Å²) in [5.74, 6) is 0.236. The Hall–Kier alpha value is -2.68. The van der Waals surface area contributed by atoms with Crippen LogP contribution in [0.4, 0.5) is 4.79 Å². The number of carbonyl (C=O) groups excluding carboxylic acids is 1. The number of aliphatic carboxylic acids is 1. The Labute approximate surface area is 241 Å². The van der Waals surface area contributed by atoms with Crippen LogP contribution in [0.2, 0.25) is 10.0 Å². The maximum Gasteiger partial charge on any atom is 0.409 e. The van der Waals surface area contributed by atoms with E-state index in [4.69, 9.17) is 42.1 Å². The zero-order valence-corrected chi connectivity index (χ0v) is 24.6. The Kier molecular flexibility index (Phi) is 13.7. The van der Waals surface area contributed by atoms with E-state index in [1.54, 1.807) is 42.2 Å². The van der Waals surface area contributed by atoms with Gasteiger partial charge < -0.3 is 29.0 Å². The van der Waals surface area contributed by atoms with Gasteiger partial charge in [0.2, 0.25) is 0 Å². The molecule has 0 heterocycles. The molecular formula is C29H39Cl2NO7. The van der Waals surface area contributed by atoms with Crippen molar-refractivity contribution >= 4 is 35.3 Å². The van der Waals surface area contributed by atoms with Crippen LogP contribution in [0.25, 0.3) is 0 Å². The first-order valence-corrected chi connectivity index (χ1v) is 13.8. The van der Waals surface area contributed by atoms with Crippen LogP contribution in [-0.4, -0.2) is 67.7 Å². The molecule has 0 saturated carbocycles. The zero-order valence-electron chi connectivity index (χ0n) is 23.1. The number of rotatable bonds is 16. The van der Waals surface area contributed by atoms with Gasteiger partial charge in [0.25, 0.3) is 0 Å². The summed E-state index contributed by atoms with van der Waals surface area (Å²) in [6, 6.07) is 12.2. The maximum absolute atomic E-state index is 12.8. The van der Waals surface area contributed by atoms with E-state index >= 15 is 0 Å². The minimum atomic E-state index is -0.990. The molecule has 1 atom stereocenters. The van der Waals surface area contributed by atoms with Gasteiger partial charge in [-0.1, -0.05) is 56.1 Å². The molecule has 0 fully saturated rings. The molecule has 1 amide bonds. The largest absolute Gasteiger partial charge is 0.493 e. The van der Waals surface area contributed by atoms with Gasteiger partial charge in [-0.05, 0) is 61.1 Å². The smallest absolute Gasteiger partial charge is 0.409 e. The average molecular weight is 585 g/mol. The highest BCUT2D eigenvalue weighted by molar-refractivity contribution is 6.34. The number of hydrogen-bond donors (Lipinski definition) is 1. The van der Waals surface area contributed by atoms with E-state index in [0.717, 1.165) is 5.56 Å². The highest BCUT2D eigenvalue weighted by Gasteiger charge is 2.20. The van der Waals surface area contributed by atoms with E-state index in [9.17, 15) is 14.7 Å². The van der Waals surface area contributed by atoms with Gasteiger partial charge in [-0.25, -0.2) is 9.59 Å². The topological polar surface area (TPSA) is 94.5 Å². The van der Waals surface area contributed by atoms with Crippen LogP contribution in [0.1, 0.15) is 46.1 Å². The van der Waals surface area contributed by atoms with E-state index < -0.39 is 12.1 Å². The van der Waals surface area contributed by atoms with Crippen LogP contribution >= 0.6 is 23.2 Å². The molecule has 39 heavy (non-hydrogen) atoms. The first-order valence-electron chi connectivity index (χ1n) is 13.0. The second kappa shape index (κ2) is 16.4. The molecule has 8 nitrogen and oxygen atoms in total. The predicted octanol–water partition coefficient (Wildman–Crippen LogP) is 6.75. The number of carbonyl (C=O) groups is 2. The fourth-order valence-electron chi connectivity index (χ4n) is 3.50. The van der Waals surface area contributed by atoms with Crippen molar-refractivity contribution in [1.82, 2.24) is 4.90 Å². The highest BCUT2D eigenvalue weighted by atomic mass is 35.5. The van der Waals surface area contributed by atoms with Gasteiger partial charge in [0.1, 0.15) is 18.1 Å². The molecule has 216 valence electrons. The van der Waals surface area contributed by atoms with Crippen molar-refractivity contribution in [2.45, 2.75) is 53.1 Å². The van der Waals surface area contributed by atoms with E-state index in [0.29, 0.717) is 67.3 Å². The Morgan fingerprint density at radius 2 is 1.56 bits per heavy atom. The Bertz CT molecular complexity index is 1020. The lowest BCUT2D eigenvalue weighted by atomic mass is 9.99. The van der Waals surface area contributed by atoms with Crippen LogP contribution in [0.15, 0.2) is 42.5 Å². The molecule has 0 saturated heterocycles. The van der Waals surface area contributed by atoms with Crippen LogP contribution in [0, 0.1) is 5.41 Å². The number of carboxylic acids is 1. The van der Waals surface area contributed by atoms with Crippen molar-refractivity contribution < 1.29 is 33.6 Å². The summed E-state index contributed by atoms with van der Waals surface area (Å²) in [6.07, 6.45) is 0.419. The van der Waals surface area contributed by atoms with Crippen molar-refractivity contribution in [2.24, 2.45) is 5.41 Å². The molecule has 2 rings (SSSR count). The molecular weight excluding hydrogens is 545 g/mol. The zero-order chi connectivity index (χ0) is 28.8. The number of nitrogens with zero attached hydrogens (tertiary/aromatic N) is 1. The number of carboxylic acid groups (broad SMARTS) is 1. The van der Waals surface area contributed by atoms with Crippen LogP contribution < -0.4 is 9.47 Å². The van der Waals surface area contributed by atoms with Crippen LogP contribution in [0.5, 0.6) is 11.5 Å². The average Bonchev–Trinajstić information content (AvgIpc) is 2.85. The standard InChI is InChI=1S/C29H39Cl2NO7/c1-5-36-26(27(33)34)16-21-8-10-24(11-9-21)38-15-13-32(28(35)39-20-29(2,3)4)12-6-7-14-37-25-18-22(30)17-23(31)19-25/h8-11,17-19,26H,5-7,12-16,20H2,1-4H3,(H,33,34). The summed E-state index contributed by atoms with van der Waals surface area (Å²) in [4.78, 5) is 25.7. The molecule has 1 N–H and O–H groups in total. The molecule has 0 aliphatic carbocycles. The van der Waals surface area contributed by atoms with Gasteiger partial charge >= 0.3 is 12.1 Å². The third-order valence-electron chi connectivity index (χ3n) is 5.43. The monoisotopic (exact) mass is 583 g/mol. The number of benzene rings is 2. The second-order valence-corrected chi connectivity index (χ2v) is 11.1. The molecule has 0 spiro atoms. The molecule has 0 aliphatic rings. The summed E-state index contributed by atoms with van der Waals surface area (Å²) in [5, 5.41) is 10.3. The molecule has 1 unspecified atom stereocenters. The lowest BCUT2D eigenvalue weighted by Crippen LogP contribution is -2.37. The van der Waals surface area contributed by atoms with E-state index in [1.165, 1.54) is 0 Å². The van der Waals surface area contributed by atoms with Crippen molar-refractivity contribution in [3.8, 4) is 11.5 Å². The SMILES string of the molecule is CCOC(Cc1ccc(OCCN(CCCCOc2cc(Cl)cc(Cl)c2)C(=O)OCC(C)(C)C)cc1)C(=O)O. The van der Waals surface area contributed by atoms with Crippen LogP contribution in [0.3, 0.4) is 0 Å². The molecule has 10 heteroatoms. The summed E-state index contributed by atoms with van der Waals surface area (Å²) in [6.45, 7) is 9.98. The van der Waals surface area contributed by atoms with Gasteiger partial charge in [-0.15, -0.1) is 0 Å². The minimum absolute atomic E-state index is 0.145. The van der Waals surface area contributed by atoms with Crippen LogP contribution in [-0.2, 0) is 20.7 Å². The van der Waals surface area contributed by atoms with Gasteiger partial charge in [-0.3, -0.25) is 0 Å². The number of unbranched alkanes of at least 4 members (excludes halogenated alkanes) is 1. The second-order valence-electron chi connectivity index (χ2n) is 10.2. The van der Waals surface area contributed by atoms with Crippen molar-refractivity contribution in [3.05, 3.63) is 58.1 Å². The molecule has 0 radical (unpaired) electrons. The van der Waals surface area contributed by atoms with Crippen molar-refractivity contribution in [1.29, 1.82) is 0 Å². The first kappa shape index (κ1) is 32.5. The maximum atomic E-state index is 12.8. The third kappa shape index (κ3) is 13.3.